The molecule has 0 unspecified atom stereocenters. The number of rotatable bonds is 6. The van der Waals surface area contributed by atoms with E-state index in [2.05, 4.69) is 35.4 Å². The van der Waals surface area contributed by atoms with E-state index >= 15 is 0 Å². The van der Waals surface area contributed by atoms with Gasteiger partial charge in [-0.05, 0) is 50.2 Å². The quantitative estimate of drug-likeness (QED) is 0.624. The number of ether oxygens (including phenoxy) is 1. The van der Waals surface area contributed by atoms with Crippen molar-refractivity contribution in [3.63, 3.8) is 0 Å². The fourth-order valence-electron chi connectivity index (χ4n) is 3.09. The van der Waals surface area contributed by atoms with Crippen LogP contribution in [0.1, 0.15) is 56.1 Å². The first-order valence-electron chi connectivity index (χ1n) is 8.99. The van der Waals surface area contributed by atoms with Gasteiger partial charge in [0, 0.05) is 11.6 Å². The van der Waals surface area contributed by atoms with Crippen molar-refractivity contribution >= 4 is 5.96 Å². The van der Waals surface area contributed by atoms with Gasteiger partial charge in [0.15, 0.2) is 5.96 Å². The Morgan fingerprint density at radius 3 is 2.74 bits per heavy atom. The van der Waals surface area contributed by atoms with Crippen LogP contribution in [0, 0.1) is 12.8 Å². The number of benzene rings is 1. The van der Waals surface area contributed by atoms with Crippen LogP contribution in [0.5, 0.6) is 5.75 Å². The van der Waals surface area contributed by atoms with E-state index in [4.69, 9.17) is 10.5 Å². The third-order valence-corrected chi connectivity index (χ3v) is 4.77. The highest BCUT2D eigenvalue weighted by Crippen LogP contribution is 2.31. The summed E-state index contributed by atoms with van der Waals surface area (Å²) in [5.74, 6) is 2.28. The molecule has 3 rings (SSSR count). The van der Waals surface area contributed by atoms with Crippen LogP contribution in [0.15, 0.2) is 23.2 Å². The molecule has 0 aromatic heterocycles. The highest BCUT2D eigenvalue weighted by atomic mass is 16.5. The Morgan fingerprint density at radius 1 is 1.22 bits per heavy atom. The molecule has 0 radical (unpaired) electrons. The molecule has 2 aliphatic carbocycles. The number of hydrogen-bond acceptors (Lipinski definition) is 2. The second-order valence-electron chi connectivity index (χ2n) is 7.05. The predicted molar refractivity (Wildman–Crippen MR) is 94.7 cm³/mol. The second kappa shape index (κ2) is 7.71. The number of aryl methyl sites for hydroxylation is 1. The third kappa shape index (κ3) is 5.15. The average Bonchev–Trinajstić information content (AvgIpc) is 3.37. The molecule has 0 heterocycles. The molecule has 0 bridgehead atoms. The molecule has 0 aliphatic heterocycles. The molecular weight excluding hydrogens is 286 g/mol. The fraction of sp³-hybridized carbons (Fsp3) is 0.632. The Bertz CT molecular complexity index is 546. The molecule has 1 aromatic rings. The number of nitrogens with zero attached hydrogens (tertiary/aromatic N) is 1. The minimum atomic E-state index is 0.496. The van der Waals surface area contributed by atoms with Gasteiger partial charge in [0.1, 0.15) is 5.75 Å². The lowest BCUT2D eigenvalue weighted by atomic mass is 9.96. The third-order valence-electron chi connectivity index (χ3n) is 4.77. The molecule has 1 aromatic carbocycles. The molecule has 0 amide bonds. The van der Waals surface area contributed by atoms with Crippen LogP contribution in [0.3, 0.4) is 0 Å². The highest BCUT2D eigenvalue weighted by Gasteiger charge is 2.22. The molecule has 0 saturated heterocycles. The number of hydrogen-bond donors (Lipinski definition) is 2. The molecule has 2 saturated carbocycles. The summed E-state index contributed by atoms with van der Waals surface area (Å²) in [6.45, 7) is 3.50. The minimum absolute atomic E-state index is 0.496. The van der Waals surface area contributed by atoms with E-state index in [0.717, 1.165) is 23.8 Å². The van der Waals surface area contributed by atoms with E-state index < -0.39 is 0 Å². The normalized spacial score (nSPS) is 19.6. The van der Waals surface area contributed by atoms with E-state index in [1.165, 1.54) is 50.5 Å². The summed E-state index contributed by atoms with van der Waals surface area (Å²) in [4.78, 5) is 4.52. The van der Waals surface area contributed by atoms with E-state index in [0.29, 0.717) is 18.5 Å². The Hall–Kier alpha value is -1.71. The molecule has 2 fully saturated rings. The zero-order valence-electron chi connectivity index (χ0n) is 14.2. The van der Waals surface area contributed by atoms with Crippen molar-refractivity contribution in [2.75, 3.05) is 6.61 Å². The number of guanidine groups is 1. The van der Waals surface area contributed by atoms with Gasteiger partial charge in [-0.1, -0.05) is 31.4 Å². The van der Waals surface area contributed by atoms with Crippen molar-refractivity contribution in [2.24, 2.45) is 16.6 Å². The standard InChI is InChI=1S/C19H29N3O/c1-14-7-10-16(18(11-14)23-13-15-8-9-15)12-21-19(20)22-17-5-3-2-4-6-17/h7,10-11,15,17H,2-6,8-9,12-13H2,1H3,(H3,20,21,22). The van der Waals surface area contributed by atoms with Crippen molar-refractivity contribution in [1.29, 1.82) is 0 Å². The van der Waals surface area contributed by atoms with Gasteiger partial charge in [-0.2, -0.15) is 0 Å². The van der Waals surface area contributed by atoms with Gasteiger partial charge in [-0.15, -0.1) is 0 Å². The second-order valence-corrected chi connectivity index (χ2v) is 7.05. The molecule has 0 spiro atoms. The molecule has 2 aliphatic rings. The SMILES string of the molecule is Cc1ccc(CN=C(N)NC2CCCCC2)c(OCC2CC2)c1. The summed E-state index contributed by atoms with van der Waals surface area (Å²) in [7, 11) is 0. The predicted octanol–water partition coefficient (Wildman–Crippen LogP) is 3.52. The van der Waals surface area contributed by atoms with Crippen molar-refractivity contribution in [1.82, 2.24) is 5.32 Å². The summed E-state index contributed by atoms with van der Waals surface area (Å²) in [5, 5.41) is 3.37. The molecule has 23 heavy (non-hydrogen) atoms. The summed E-state index contributed by atoms with van der Waals surface area (Å²) in [5.41, 5.74) is 8.40. The van der Waals surface area contributed by atoms with Gasteiger partial charge in [0.2, 0.25) is 0 Å². The summed E-state index contributed by atoms with van der Waals surface area (Å²) in [6, 6.07) is 6.82. The smallest absolute Gasteiger partial charge is 0.189 e. The van der Waals surface area contributed by atoms with Crippen molar-refractivity contribution < 1.29 is 4.74 Å². The van der Waals surface area contributed by atoms with Crippen molar-refractivity contribution in [3.05, 3.63) is 29.3 Å². The van der Waals surface area contributed by atoms with Crippen molar-refractivity contribution in [3.8, 4) is 5.75 Å². The lowest BCUT2D eigenvalue weighted by molar-refractivity contribution is 0.296. The number of nitrogens with two attached hydrogens (primary N) is 1. The Morgan fingerprint density at radius 2 is 2.00 bits per heavy atom. The molecule has 4 nitrogen and oxygen atoms in total. The van der Waals surface area contributed by atoms with Gasteiger partial charge in [0.25, 0.3) is 0 Å². The van der Waals surface area contributed by atoms with Crippen LogP contribution >= 0.6 is 0 Å². The van der Waals surface area contributed by atoms with E-state index in [1.807, 2.05) is 0 Å². The highest BCUT2D eigenvalue weighted by molar-refractivity contribution is 5.78. The maximum absolute atomic E-state index is 6.06. The lowest BCUT2D eigenvalue weighted by Gasteiger charge is -2.23. The van der Waals surface area contributed by atoms with Crippen LogP contribution in [0.4, 0.5) is 0 Å². The summed E-state index contributed by atoms with van der Waals surface area (Å²) >= 11 is 0. The van der Waals surface area contributed by atoms with Gasteiger partial charge in [-0.25, -0.2) is 4.99 Å². The van der Waals surface area contributed by atoms with Gasteiger partial charge >= 0.3 is 0 Å². The Labute approximate surface area is 139 Å². The van der Waals surface area contributed by atoms with Crippen LogP contribution in [0.2, 0.25) is 0 Å². The molecule has 0 atom stereocenters. The van der Waals surface area contributed by atoms with Crippen LogP contribution < -0.4 is 15.8 Å². The Kier molecular flexibility index (Phi) is 5.42. The van der Waals surface area contributed by atoms with Crippen LogP contribution in [-0.4, -0.2) is 18.6 Å². The molecule has 126 valence electrons. The Balaban J connectivity index is 1.57. The maximum atomic E-state index is 6.06. The molecular formula is C19H29N3O. The maximum Gasteiger partial charge on any atom is 0.189 e. The summed E-state index contributed by atoms with van der Waals surface area (Å²) < 4.78 is 5.99. The van der Waals surface area contributed by atoms with E-state index in [-0.39, 0.29) is 0 Å². The molecule has 4 heteroatoms. The van der Waals surface area contributed by atoms with E-state index in [1.54, 1.807) is 0 Å². The zero-order chi connectivity index (χ0) is 16.1. The van der Waals surface area contributed by atoms with Gasteiger partial charge in [-0.3, -0.25) is 0 Å². The first-order valence-corrected chi connectivity index (χ1v) is 8.99. The fourth-order valence-corrected chi connectivity index (χ4v) is 3.09. The average molecular weight is 315 g/mol. The monoisotopic (exact) mass is 315 g/mol. The summed E-state index contributed by atoms with van der Waals surface area (Å²) in [6.07, 6.45) is 8.95. The van der Waals surface area contributed by atoms with Gasteiger partial charge < -0.3 is 15.8 Å². The van der Waals surface area contributed by atoms with Crippen LogP contribution in [-0.2, 0) is 6.54 Å². The first-order chi connectivity index (χ1) is 11.2. The lowest BCUT2D eigenvalue weighted by Crippen LogP contribution is -2.41. The largest absolute Gasteiger partial charge is 0.493 e. The van der Waals surface area contributed by atoms with E-state index in [9.17, 15) is 0 Å². The first kappa shape index (κ1) is 16.2. The zero-order valence-corrected chi connectivity index (χ0v) is 14.2. The topological polar surface area (TPSA) is 59.6 Å². The van der Waals surface area contributed by atoms with Gasteiger partial charge in [0.05, 0.1) is 13.2 Å². The van der Waals surface area contributed by atoms with Crippen molar-refractivity contribution in [2.45, 2.75) is 64.5 Å². The number of aliphatic imine (C=N–C) groups is 1. The number of nitrogens with one attached hydrogen (secondary N) is 1. The minimum Gasteiger partial charge on any atom is -0.493 e. The van der Waals surface area contributed by atoms with Crippen LogP contribution in [0.25, 0.3) is 0 Å². The molecule has 3 N–H and O–H groups in total.